The fraction of sp³-hybridized carbons (Fsp3) is 0.217. The third-order valence-electron chi connectivity index (χ3n) is 5.16. The number of hydrogen-bond acceptors (Lipinski definition) is 0. The highest BCUT2D eigenvalue weighted by Crippen LogP contribution is 2.38. The van der Waals surface area contributed by atoms with E-state index in [0.29, 0.717) is 0 Å². The molecule has 3 aromatic carbocycles. The van der Waals surface area contributed by atoms with Gasteiger partial charge in [0, 0.05) is 0 Å². The normalized spacial score (nSPS) is 20.7. The fourth-order valence-electron chi connectivity index (χ4n) is 3.64. The average Bonchev–Trinajstić information content (AvgIpc) is 2.60. The van der Waals surface area contributed by atoms with Crippen molar-refractivity contribution in [2.75, 3.05) is 0 Å². The molecular weight excluding hydrogens is 276 g/mol. The summed E-state index contributed by atoms with van der Waals surface area (Å²) < 4.78 is 0. The molecule has 1 aliphatic rings. The summed E-state index contributed by atoms with van der Waals surface area (Å²) in [6, 6.07) is 26.1. The van der Waals surface area contributed by atoms with Crippen LogP contribution in [0.3, 0.4) is 0 Å². The van der Waals surface area contributed by atoms with Crippen molar-refractivity contribution in [3.63, 3.8) is 0 Å². The Balaban J connectivity index is 1.50. The maximum absolute atomic E-state index is 2.44. The van der Waals surface area contributed by atoms with Crippen LogP contribution < -0.4 is 0 Å². The molecule has 0 bridgehead atoms. The second kappa shape index (κ2) is 6.42. The molecule has 2 unspecified atom stereocenters. The van der Waals surface area contributed by atoms with E-state index in [1.54, 1.807) is 0 Å². The van der Waals surface area contributed by atoms with Gasteiger partial charge in [-0.2, -0.15) is 0 Å². The van der Waals surface area contributed by atoms with Crippen molar-refractivity contribution in [2.24, 2.45) is 11.8 Å². The molecule has 0 heterocycles. The third-order valence-corrected chi connectivity index (χ3v) is 5.16. The first-order chi connectivity index (χ1) is 11.4. The molecule has 0 amide bonds. The topological polar surface area (TPSA) is 0 Å². The number of hydrogen-bond donors (Lipinski definition) is 0. The maximum Gasteiger partial charge on any atom is -0.0112 e. The zero-order chi connectivity index (χ0) is 15.5. The van der Waals surface area contributed by atoms with Crippen molar-refractivity contribution in [1.82, 2.24) is 0 Å². The summed E-state index contributed by atoms with van der Waals surface area (Å²) >= 11 is 0. The van der Waals surface area contributed by atoms with Gasteiger partial charge in [0.1, 0.15) is 0 Å². The smallest absolute Gasteiger partial charge is 0.0112 e. The van der Waals surface area contributed by atoms with Gasteiger partial charge in [-0.25, -0.2) is 0 Å². The molecule has 1 saturated carbocycles. The van der Waals surface area contributed by atoms with Crippen molar-refractivity contribution in [3.05, 3.63) is 90.0 Å². The minimum atomic E-state index is 0.731. The van der Waals surface area contributed by atoms with E-state index in [0.717, 1.165) is 11.8 Å². The molecule has 0 saturated heterocycles. The number of rotatable bonds is 4. The van der Waals surface area contributed by atoms with E-state index in [1.807, 2.05) is 0 Å². The lowest BCUT2D eigenvalue weighted by Gasteiger charge is -2.35. The van der Waals surface area contributed by atoms with Crippen LogP contribution in [-0.2, 0) is 6.42 Å². The van der Waals surface area contributed by atoms with Crippen molar-refractivity contribution in [3.8, 4) is 0 Å². The van der Waals surface area contributed by atoms with Crippen LogP contribution in [0.4, 0.5) is 0 Å². The summed E-state index contributed by atoms with van der Waals surface area (Å²) in [4.78, 5) is 0. The zero-order valence-electron chi connectivity index (χ0n) is 13.4. The van der Waals surface area contributed by atoms with Gasteiger partial charge in [-0.05, 0) is 53.0 Å². The largest absolute Gasteiger partial charge is 0.0805 e. The Kier molecular flexibility index (Phi) is 3.98. The standard InChI is InChI=1S/C23H22/c1-2-7-18(8-3-1)17-22-16-14-19(22)13-15-21-11-6-10-20-9-4-5-12-23(20)21/h1-13,15,19,22H,14,16-17H2. The molecule has 0 heteroatoms. The zero-order valence-corrected chi connectivity index (χ0v) is 13.4. The Hall–Kier alpha value is -2.34. The van der Waals surface area contributed by atoms with E-state index < -0.39 is 0 Å². The van der Waals surface area contributed by atoms with Gasteiger partial charge >= 0.3 is 0 Å². The molecule has 114 valence electrons. The van der Waals surface area contributed by atoms with Gasteiger partial charge in [0.2, 0.25) is 0 Å². The third kappa shape index (κ3) is 3.07. The van der Waals surface area contributed by atoms with Crippen LogP contribution in [0.15, 0.2) is 78.9 Å². The average molecular weight is 298 g/mol. The predicted molar refractivity (Wildman–Crippen MR) is 99.3 cm³/mol. The highest BCUT2D eigenvalue weighted by atomic mass is 14.3. The van der Waals surface area contributed by atoms with Gasteiger partial charge in [0.15, 0.2) is 0 Å². The van der Waals surface area contributed by atoms with Gasteiger partial charge in [0.25, 0.3) is 0 Å². The second-order valence-electron chi connectivity index (χ2n) is 6.62. The lowest BCUT2D eigenvalue weighted by atomic mass is 9.70. The maximum atomic E-state index is 2.44. The van der Waals surface area contributed by atoms with Gasteiger partial charge in [-0.1, -0.05) is 84.9 Å². The van der Waals surface area contributed by atoms with Crippen LogP contribution in [0.2, 0.25) is 0 Å². The Bertz CT molecular complexity index is 808. The summed E-state index contributed by atoms with van der Waals surface area (Å²) in [5.74, 6) is 1.54. The molecular formula is C23H22. The predicted octanol–water partition coefficient (Wildman–Crippen LogP) is 6.12. The summed E-state index contributed by atoms with van der Waals surface area (Å²) in [6.07, 6.45) is 8.69. The molecule has 0 aromatic heterocycles. The molecule has 0 spiro atoms. The Morgan fingerprint density at radius 3 is 2.39 bits per heavy atom. The highest BCUT2D eigenvalue weighted by molar-refractivity contribution is 5.90. The van der Waals surface area contributed by atoms with Crippen LogP contribution in [0.1, 0.15) is 24.0 Å². The van der Waals surface area contributed by atoms with Crippen LogP contribution in [0, 0.1) is 11.8 Å². The van der Waals surface area contributed by atoms with Crippen LogP contribution in [0.25, 0.3) is 16.8 Å². The van der Waals surface area contributed by atoms with Gasteiger partial charge in [-0.15, -0.1) is 0 Å². The Morgan fingerprint density at radius 1 is 0.783 bits per heavy atom. The van der Waals surface area contributed by atoms with E-state index in [2.05, 4.69) is 84.9 Å². The summed E-state index contributed by atoms with van der Waals surface area (Å²) in [7, 11) is 0. The van der Waals surface area contributed by atoms with E-state index in [9.17, 15) is 0 Å². The Labute approximate surface area is 138 Å². The molecule has 23 heavy (non-hydrogen) atoms. The first kappa shape index (κ1) is 14.3. The fourth-order valence-corrected chi connectivity index (χ4v) is 3.64. The quantitative estimate of drug-likeness (QED) is 0.544. The number of fused-ring (bicyclic) bond motifs is 1. The van der Waals surface area contributed by atoms with E-state index in [-0.39, 0.29) is 0 Å². The van der Waals surface area contributed by atoms with Crippen molar-refractivity contribution >= 4 is 16.8 Å². The monoisotopic (exact) mass is 298 g/mol. The first-order valence-electron chi connectivity index (χ1n) is 8.60. The molecule has 1 fully saturated rings. The lowest BCUT2D eigenvalue weighted by Crippen LogP contribution is -2.25. The van der Waals surface area contributed by atoms with Gasteiger partial charge in [0.05, 0.1) is 0 Å². The summed E-state index contributed by atoms with van der Waals surface area (Å²) in [6.45, 7) is 0. The van der Waals surface area contributed by atoms with E-state index in [1.165, 1.54) is 41.2 Å². The number of allylic oxidation sites excluding steroid dienone is 1. The lowest BCUT2D eigenvalue weighted by molar-refractivity contribution is 0.227. The molecule has 1 aliphatic carbocycles. The van der Waals surface area contributed by atoms with Crippen molar-refractivity contribution in [1.29, 1.82) is 0 Å². The van der Waals surface area contributed by atoms with Gasteiger partial charge < -0.3 is 0 Å². The van der Waals surface area contributed by atoms with E-state index in [4.69, 9.17) is 0 Å². The van der Waals surface area contributed by atoms with Gasteiger partial charge in [-0.3, -0.25) is 0 Å². The SMILES string of the molecule is C(=CC1CCC1Cc1ccccc1)c1cccc2ccccc12. The minimum Gasteiger partial charge on any atom is -0.0805 e. The minimum absolute atomic E-state index is 0.731. The molecule has 4 rings (SSSR count). The molecule has 0 radical (unpaired) electrons. The van der Waals surface area contributed by atoms with Crippen LogP contribution in [-0.4, -0.2) is 0 Å². The molecule has 0 N–H and O–H groups in total. The summed E-state index contributed by atoms with van der Waals surface area (Å²) in [5.41, 5.74) is 2.81. The second-order valence-corrected chi connectivity index (χ2v) is 6.62. The van der Waals surface area contributed by atoms with Crippen molar-refractivity contribution < 1.29 is 0 Å². The molecule has 0 aliphatic heterocycles. The first-order valence-corrected chi connectivity index (χ1v) is 8.60. The number of benzene rings is 3. The molecule has 0 nitrogen and oxygen atoms in total. The van der Waals surface area contributed by atoms with Crippen LogP contribution >= 0.6 is 0 Å². The van der Waals surface area contributed by atoms with Crippen LogP contribution in [0.5, 0.6) is 0 Å². The highest BCUT2D eigenvalue weighted by Gasteiger charge is 2.28. The molecule has 2 atom stereocenters. The summed E-state index contributed by atoms with van der Waals surface area (Å²) in [5, 5.41) is 2.68. The van der Waals surface area contributed by atoms with Crippen molar-refractivity contribution in [2.45, 2.75) is 19.3 Å². The Morgan fingerprint density at radius 2 is 1.57 bits per heavy atom. The van der Waals surface area contributed by atoms with E-state index >= 15 is 0 Å². The molecule has 3 aromatic rings.